The number of hydrogen-bond acceptors (Lipinski definition) is 2. The van der Waals surface area contributed by atoms with Crippen LogP contribution in [0.1, 0.15) is 45.4 Å². The maximum absolute atomic E-state index is 11.9. The van der Waals surface area contributed by atoms with E-state index in [2.05, 4.69) is 22.9 Å². The molecule has 0 N–H and O–H groups in total. The molecule has 1 aliphatic rings. The van der Waals surface area contributed by atoms with Gasteiger partial charge >= 0.3 is 0 Å². The Bertz CT molecular complexity index is 281. The third-order valence-corrected chi connectivity index (χ3v) is 5.78. The van der Waals surface area contributed by atoms with E-state index in [1.807, 2.05) is 0 Å². The van der Waals surface area contributed by atoms with Gasteiger partial charge in [-0.15, -0.1) is 0 Å². The van der Waals surface area contributed by atoms with Crippen LogP contribution in [0.15, 0.2) is 0 Å². The van der Waals surface area contributed by atoms with Gasteiger partial charge in [-0.05, 0) is 37.5 Å². The normalized spacial score (nSPS) is 20.1. The van der Waals surface area contributed by atoms with Crippen LogP contribution in [0.5, 0.6) is 0 Å². The van der Waals surface area contributed by atoms with Crippen LogP contribution in [0.25, 0.3) is 0 Å². The molecule has 0 amide bonds. The van der Waals surface area contributed by atoms with Crippen LogP contribution in [0.4, 0.5) is 0 Å². The van der Waals surface area contributed by atoms with Crippen molar-refractivity contribution in [2.24, 2.45) is 11.8 Å². The second kappa shape index (κ2) is 7.00. The van der Waals surface area contributed by atoms with E-state index < -0.39 is 9.84 Å². The van der Waals surface area contributed by atoms with Crippen LogP contribution >= 0.6 is 15.9 Å². The lowest BCUT2D eigenvalue weighted by Gasteiger charge is -2.12. The first-order valence-corrected chi connectivity index (χ1v) is 9.24. The molecule has 4 heteroatoms. The Kier molecular flexibility index (Phi) is 6.34. The Morgan fingerprint density at radius 3 is 2.44 bits per heavy atom. The second-order valence-corrected chi connectivity index (χ2v) is 8.16. The van der Waals surface area contributed by atoms with Gasteiger partial charge in [0, 0.05) is 5.33 Å². The Morgan fingerprint density at radius 1 is 1.25 bits per heavy atom. The summed E-state index contributed by atoms with van der Waals surface area (Å²) in [5.74, 6) is 1.79. The molecule has 0 heterocycles. The summed E-state index contributed by atoms with van der Waals surface area (Å²) in [4.78, 5) is 0. The maximum atomic E-state index is 11.9. The van der Waals surface area contributed by atoms with Crippen molar-refractivity contribution in [3.8, 4) is 0 Å². The summed E-state index contributed by atoms with van der Waals surface area (Å²) in [7, 11) is -2.79. The molecule has 96 valence electrons. The molecule has 1 atom stereocenters. The standard InChI is InChI=1S/C12H23BrO2S/c1-11(6-8-13)7-9-16(14,15)10-12-4-2-3-5-12/h11-12H,2-10H2,1H3. The SMILES string of the molecule is CC(CCBr)CCS(=O)(=O)CC1CCCC1. The van der Waals surface area contributed by atoms with Gasteiger partial charge in [-0.25, -0.2) is 8.42 Å². The topological polar surface area (TPSA) is 34.1 Å². The molecule has 0 aromatic heterocycles. The van der Waals surface area contributed by atoms with Crippen molar-refractivity contribution in [2.75, 3.05) is 16.8 Å². The molecule has 0 aromatic carbocycles. The number of halogens is 1. The summed E-state index contributed by atoms with van der Waals surface area (Å²) in [5.41, 5.74) is 0. The molecular formula is C12H23BrO2S. The van der Waals surface area contributed by atoms with Crippen molar-refractivity contribution < 1.29 is 8.42 Å². The number of rotatable bonds is 7. The van der Waals surface area contributed by atoms with Crippen molar-refractivity contribution in [1.29, 1.82) is 0 Å². The van der Waals surface area contributed by atoms with E-state index in [-0.39, 0.29) is 0 Å². The highest BCUT2D eigenvalue weighted by molar-refractivity contribution is 9.09. The van der Waals surface area contributed by atoms with Gasteiger partial charge in [0.1, 0.15) is 0 Å². The first-order valence-electron chi connectivity index (χ1n) is 6.30. The maximum Gasteiger partial charge on any atom is 0.150 e. The summed E-state index contributed by atoms with van der Waals surface area (Å²) in [6.45, 7) is 2.13. The fourth-order valence-electron chi connectivity index (χ4n) is 2.33. The third kappa shape index (κ3) is 5.67. The molecule has 0 bridgehead atoms. The lowest BCUT2D eigenvalue weighted by Crippen LogP contribution is -2.18. The van der Waals surface area contributed by atoms with Gasteiger partial charge in [0.05, 0.1) is 11.5 Å². The summed E-state index contributed by atoms with van der Waals surface area (Å²) in [6.07, 6.45) is 6.58. The monoisotopic (exact) mass is 310 g/mol. The lowest BCUT2D eigenvalue weighted by molar-refractivity contribution is 0.526. The average Bonchev–Trinajstić information content (AvgIpc) is 2.67. The van der Waals surface area contributed by atoms with E-state index in [0.717, 1.165) is 31.0 Å². The van der Waals surface area contributed by atoms with Crippen molar-refractivity contribution in [2.45, 2.75) is 45.4 Å². The summed E-state index contributed by atoms with van der Waals surface area (Å²) < 4.78 is 23.8. The van der Waals surface area contributed by atoms with Crippen molar-refractivity contribution >= 4 is 25.8 Å². The van der Waals surface area contributed by atoms with Crippen LogP contribution in [0.3, 0.4) is 0 Å². The molecule has 1 fully saturated rings. The van der Waals surface area contributed by atoms with Crippen LogP contribution in [0.2, 0.25) is 0 Å². The van der Waals surface area contributed by atoms with Gasteiger partial charge in [-0.1, -0.05) is 35.7 Å². The molecule has 0 aliphatic heterocycles. The summed E-state index contributed by atoms with van der Waals surface area (Å²) in [5, 5.41) is 0.969. The van der Waals surface area contributed by atoms with Crippen molar-refractivity contribution in [1.82, 2.24) is 0 Å². The van der Waals surface area contributed by atoms with Gasteiger partial charge in [0.15, 0.2) is 9.84 Å². The van der Waals surface area contributed by atoms with Crippen LogP contribution in [-0.4, -0.2) is 25.3 Å². The van der Waals surface area contributed by atoms with Crippen molar-refractivity contribution in [3.63, 3.8) is 0 Å². The molecule has 16 heavy (non-hydrogen) atoms. The molecular weight excluding hydrogens is 288 g/mol. The largest absolute Gasteiger partial charge is 0.229 e. The Hall–Kier alpha value is 0.430. The molecule has 0 spiro atoms. The van der Waals surface area contributed by atoms with Gasteiger partial charge in [-0.3, -0.25) is 0 Å². The van der Waals surface area contributed by atoms with Crippen LogP contribution in [-0.2, 0) is 9.84 Å². The first-order chi connectivity index (χ1) is 7.53. The van der Waals surface area contributed by atoms with E-state index in [4.69, 9.17) is 0 Å². The highest BCUT2D eigenvalue weighted by Gasteiger charge is 2.22. The predicted octanol–water partition coefficient (Wildman–Crippen LogP) is 3.40. The molecule has 0 saturated heterocycles. The molecule has 1 unspecified atom stereocenters. The number of hydrogen-bond donors (Lipinski definition) is 0. The predicted molar refractivity (Wildman–Crippen MR) is 72.8 cm³/mol. The van der Waals surface area contributed by atoms with E-state index in [1.165, 1.54) is 12.8 Å². The molecule has 0 aromatic rings. The zero-order valence-corrected chi connectivity index (χ0v) is 12.5. The molecule has 1 aliphatic carbocycles. The minimum absolute atomic E-state index is 0.387. The number of sulfone groups is 1. The zero-order chi connectivity index (χ0) is 12.0. The fraction of sp³-hybridized carbons (Fsp3) is 1.00. The minimum atomic E-state index is -2.79. The first kappa shape index (κ1) is 14.5. The van der Waals surface area contributed by atoms with Crippen LogP contribution in [0, 0.1) is 11.8 Å². The average molecular weight is 311 g/mol. The molecule has 1 rings (SSSR count). The zero-order valence-electron chi connectivity index (χ0n) is 10.1. The lowest BCUT2D eigenvalue weighted by atomic mass is 10.1. The van der Waals surface area contributed by atoms with E-state index >= 15 is 0 Å². The summed E-state index contributed by atoms with van der Waals surface area (Å²) >= 11 is 3.39. The number of alkyl halides is 1. The Balaban J connectivity index is 2.27. The Labute approximate surface area is 108 Å². The van der Waals surface area contributed by atoms with E-state index in [0.29, 0.717) is 23.3 Å². The van der Waals surface area contributed by atoms with Gasteiger partial charge in [-0.2, -0.15) is 0 Å². The molecule has 0 radical (unpaired) electrons. The van der Waals surface area contributed by atoms with Gasteiger partial charge in [0.2, 0.25) is 0 Å². The van der Waals surface area contributed by atoms with Gasteiger partial charge < -0.3 is 0 Å². The van der Waals surface area contributed by atoms with E-state index in [9.17, 15) is 8.42 Å². The quantitative estimate of drug-likeness (QED) is 0.675. The smallest absolute Gasteiger partial charge is 0.150 e. The highest BCUT2D eigenvalue weighted by Crippen LogP contribution is 2.26. The fourth-order valence-corrected chi connectivity index (χ4v) is 5.09. The van der Waals surface area contributed by atoms with Crippen molar-refractivity contribution in [3.05, 3.63) is 0 Å². The summed E-state index contributed by atoms with van der Waals surface area (Å²) in [6, 6.07) is 0. The van der Waals surface area contributed by atoms with Gasteiger partial charge in [0.25, 0.3) is 0 Å². The second-order valence-electron chi connectivity index (χ2n) is 5.14. The molecule has 2 nitrogen and oxygen atoms in total. The van der Waals surface area contributed by atoms with E-state index in [1.54, 1.807) is 0 Å². The Morgan fingerprint density at radius 2 is 1.88 bits per heavy atom. The van der Waals surface area contributed by atoms with Crippen LogP contribution < -0.4 is 0 Å². The minimum Gasteiger partial charge on any atom is -0.229 e. The third-order valence-electron chi connectivity index (χ3n) is 3.49. The molecule has 1 saturated carbocycles. The highest BCUT2D eigenvalue weighted by atomic mass is 79.9.